The lowest BCUT2D eigenvalue weighted by molar-refractivity contribution is -0.171. The molecule has 0 saturated carbocycles. The summed E-state index contributed by atoms with van der Waals surface area (Å²) in [4.78, 5) is 27.8. The van der Waals surface area contributed by atoms with Gasteiger partial charge in [-0.25, -0.2) is 18.1 Å². The SMILES string of the molecule is COc1ccc2c(nc3n2C(C(F)(F)F)C(=O)N3)c1C(=O)NS(C)(=O)=O. The molecule has 1 aliphatic rings. The molecule has 9 nitrogen and oxygen atoms in total. The van der Waals surface area contributed by atoms with E-state index in [9.17, 15) is 31.2 Å². The lowest BCUT2D eigenvalue weighted by atomic mass is 10.1. The summed E-state index contributed by atoms with van der Waals surface area (Å²) in [6, 6.07) is -0.132. The molecule has 0 spiro atoms. The number of rotatable bonds is 3. The summed E-state index contributed by atoms with van der Waals surface area (Å²) in [7, 11) is -2.75. The van der Waals surface area contributed by atoms with E-state index >= 15 is 0 Å². The number of sulfonamides is 1. The molecule has 0 radical (unpaired) electrons. The molecule has 2 heterocycles. The Balaban J connectivity index is 2.27. The summed E-state index contributed by atoms with van der Waals surface area (Å²) < 4.78 is 69.6. The van der Waals surface area contributed by atoms with Crippen LogP contribution in [0.3, 0.4) is 0 Å². The highest BCUT2D eigenvalue weighted by Gasteiger charge is 2.52. The number of anilines is 1. The molecule has 0 saturated heterocycles. The second kappa shape index (κ2) is 5.59. The number of ether oxygens (including phenoxy) is 1. The number of methoxy groups -OCH3 is 1. The number of hydrogen-bond acceptors (Lipinski definition) is 6. The van der Waals surface area contributed by atoms with E-state index in [1.807, 2.05) is 5.32 Å². The average Bonchev–Trinajstić information content (AvgIpc) is 2.97. The zero-order valence-electron chi connectivity index (χ0n) is 13.2. The Labute approximate surface area is 144 Å². The van der Waals surface area contributed by atoms with Gasteiger partial charge in [0.25, 0.3) is 11.8 Å². The highest BCUT2D eigenvalue weighted by molar-refractivity contribution is 7.89. The van der Waals surface area contributed by atoms with Crippen LogP contribution in [0.15, 0.2) is 12.1 Å². The van der Waals surface area contributed by atoms with Gasteiger partial charge in [-0.3, -0.25) is 19.5 Å². The number of amides is 2. The minimum absolute atomic E-state index is 0.0923. The average molecular weight is 392 g/mol. The molecular weight excluding hydrogens is 381 g/mol. The van der Waals surface area contributed by atoms with Crippen LogP contribution >= 0.6 is 0 Å². The van der Waals surface area contributed by atoms with Gasteiger partial charge in [0, 0.05) is 0 Å². The van der Waals surface area contributed by atoms with Crippen molar-refractivity contribution in [2.75, 3.05) is 18.7 Å². The van der Waals surface area contributed by atoms with Gasteiger partial charge < -0.3 is 4.74 Å². The van der Waals surface area contributed by atoms with E-state index in [0.717, 1.165) is 6.26 Å². The van der Waals surface area contributed by atoms with E-state index in [2.05, 4.69) is 4.98 Å². The van der Waals surface area contributed by atoms with Crippen molar-refractivity contribution < 1.29 is 35.9 Å². The Morgan fingerprint density at radius 2 is 2.04 bits per heavy atom. The van der Waals surface area contributed by atoms with Crippen molar-refractivity contribution in [3.05, 3.63) is 17.7 Å². The van der Waals surface area contributed by atoms with E-state index in [-0.39, 0.29) is 22.3 Å². The number of hydrogen-bond donors (Lipinski definition) is 2. The van der Waals surface area contributed by atoms with Gasteiger partial charge in [-0.2, -0.15) is 13.2 Å². The number of fused-ring (bicyclic) bond motifs is 3. The number of benzene rings is 1. The Hall–Kier alpha value is -2.83. The first-order chi connectivity index (χ1) is 11.9. The van der Waals surface area contributed by atoms with Crippen LogP contribution in [0.2, 0.25) is 0 Å². The van der Waals surface area contributed by atoms with Gasteiger partial charge in [-0.05, 0) is 12.1 Å². The molecule has 1 unspecified atom stereocenters. The van der Waals surface area contributed by atoms with E-state index in [1.54, 1.807) is 4.72 Å². The Bertz CT molecular complexity index is 1040. The third kappa shape index (κ3) is 2.83. The molecule has 140 valence electrons. The fourth-order valence-corrected chi connectivity index (χ4v) is 3.13. The van der Waals surface area contributed by atoms with Gasteiger partial charge in [-0.1, -0.05) is 0 Å². The number of nitrogens with zero attached hydrogens (tertiary/aromatic N) is 2. The maximum absolute atomic E-state index is 13.2. The van der Waals surface area contributed by atoms with Gasteiger partial charge in [0.2, 0.25) is 22.0 Å². The number of alkyl halides is 3. The third-order valence-electron chi connectivity index (χ3n) is 3.60. The maximum Gasteiger partial charge on any atom is 0.418 e. The second-order valence-electron chi connectivity index (χ2n) is 5.45. The number of imidazole rings is 1. The smallest absolute Gasteiger partial charge is 0.418 e. The minimum Gasteiger partial charge on any atom is -0.496 e. The summed E-state index contributed by atoms with van der Waals surface area (Å²) in [6.07, 6.45) is -4.15. The number of nitrogens with one attached hydrogen (secondary N) is 2. The van der Waals surface area contributed by atoms with Gasteiger partial charge in [0.05, 0.1) is 18.9 Å². The maximum atomic E-state index is 13.2. The van der Waals surface area contributed by atoms with Crippen LogP contribution in [0.4, 0.5) is 19.1 Å². The number of halogens is 3. The molecule has 0 aliphatic carbocycles. The molecule has 2 N–H and O–H groups in total. The lowest BCUT2D eigenvalue weighted by Gasteiger charge is -2.16. The molecule has 2 aromatic rings. The van der Waals surface area contributed by atoms with Crippen LogP contribution in [-0.2, 0) is 14.8 Å². The monoisotopic (exact) mass is 392 g/mol. The minimum atomic E-state index is -4.89. The van der Waals surface area contributed by atoms with Crippen LogP contribution in [0.25, 0.3) is 11.0 Å². The van der Waals surface area contributed by atoms with E-state index < -0.39 is 40.0 Å². The van der Waals surface area contributed by atoms with Gasteiger partial charge in [0.15, 0.2) is 0 Å². The normalized spacial score (nSPS) is 17.1. The predicted octanol–water partition coefficient (Wildman–Crippen LogP) is 0.790. The number of carbonyl (C=O) groups excluding carboxylic acids is 2. The first-order valence-corrected chi connectivity index (χ1v) is 8.82. The van der Waals surface area contributed by atoms with Crippen molar-refractivity contribution >= 4 is 38.8 Å². The summed E-state index contributed by atoms with van der Waals surface area (Å²) >= 11 is 0. The van der Waals surface area contributed by atoms with Crippen molar-refractivity contribution in [3.63, 3.8) is 0 Å². The van der Waals surface area contributed by atoms with E-state index in [4.69, 9.17) is 4.74 Å². The molecule has 1 aromatic heterocycles. The molecule has 26 heavy (non-hydrogen) atoms. The molecular formula is C13H11F3N4O5S. The summed E-state index contributed by atoms with van der Waals surface area (Å²) in [5.74, 6) is -2.93. The molecule has 1 atom stereocenters. The summed E-state index contributed by atoms with van der Waals surface area (Å²) in [5.41, 5.74) is -0.789. The molecule has 13 heteroatoms. The summed E-state index contributed by atoms with van der Waals surface area (Å²) in [5, 5.41) is 2.00. The van der Waals surface area contributed by atoms with Crippen LogP contribution in [0.1, 0.15) is 16.4 Å². The Kier molecular flexibility index (Phi) is 3.86. The Morgan fingerprint density at radius 1 is 1.38 bits per heavy atom. The van der Waals surface area contributed by atoms with E-state index in [1.165, 1.54) is 19.2 Å². The van der Waals surface area contributed by atoms with Crippen molar-refractivity contribution in [1.82, 2.24) is 14.3 Å². The van der Waals surface area contributed by atoms with Crippen LogP contribution in [-0.4, -0.2) is 49.3 Å². The zero-order chi connectivity index (χ0) is 19.4. The number of aromatic nitrogens is 2. The highest BCUT2D eigenvalue weighted by atomic mass is 32.2. The highest BCUT2D eigenvalue weighted by Crippen LogP contribution is 2.42. The molecule has 1 aromatic carbocycles. The first-order valence-electron chi connectivity index (χ1n) is 6.92. The quantitative estimate of drug-likeness (QED) is 0.797. The van der Waals surface area contributed by atoms with Gasteiger partial charge >= 0.3 is 6.18 Å². The largest absolute Gasteiger partial charge is 0.496 e. The van der Waals surface area contributed by atoms with Crippen molar-refractivity contribution in [3.8, 4) is 5.75 Å². The Morgan fingerprint density at radius 3 is 2.58 bits per heavy atom. The molecule has 0 fully saturated rings. The predicted molar refractivity (Wildman–Crippen MR) is 82.3 cm³/mol. The fraction of sp³-hybridized carbons (Fsp3) is 0.308. The van der Waals surface area contributed by atoms with Gasteiger partial charge in [0.1, 0.15) is 16.8 Å². The lowest BCUT2D eigenvalue weighted by Crippen LogP contribution is -2.31. The third-order valence-corrected chi connectivity index (χ3v) is 4.16. The fourth-order valence-electron chi connectivity index (χ4n) is 2.69. The van der Waals surface area contributed by atoms with Crippen LogP contribution in [0.5, 0.6) is 5.75 Å². The first kappa shape index (κ1) is 18.0. The molecule has 2 amide bonds. The standard InChI is InChI=1S/C13H11F3N4O5S/c1-25-6-4-3-5-8(7(6)10(21)19-26(2,23)24)17-12-18-11(22)9(20(5)12)13(14,15)16/h3-4,9H,1-2H3,(H,19,21)(H,17,18,22). The van der Waals surface area contributed by atoms with Gasteiger partial charge in [-0.15, -0.1) is 0 Å². The van der Waals surface area contributed by atoms with Crippen LogP contribution in [0, 0.1) is 0 Å². The van der Waals surface area contributed by atoms with Crippen molar-refractivity contribution in [2.24, 2.45) is 0 Å². The van der Waals surface area contributed by atoms with Crippen molar-refractivity contribution in [1.29, 1.82) is 0 Å². The summed E-state index contributed by atoms with van der Waals surface area (Å²) in [6.45, 7) is 0. The van der Waals surface area contributed by atoms with E-state index in [0.29, 0.717) is 4.57 Å². The number of carbonyl (C=O) groups is 2. The molecule has 0 bridgehead atoms. The molecule has 1 aliphatic heterocycles. The zero-order valence-corrected chi connectivity index (χ0v) is 14.0. The second-order valence-corrected chi connectivity index (χ2v) is 7.20. The molecule has 3 rings (SSSR count). The van der Waals surface area contributed by atoms with Crippen LogP contribution < -0.4 is 14.8 Å². The van der Waals surface area contributed by atoms with Crippen molar-refractivity contribution in [2.45, 2.75) is 12.2 Å². The topological polar surface area (TPSA) is 119 Å².